The molecule has 1 atom stereocenters. The second kappa shape index (κ2) is 5.93. The first kappa shape index (κ1) is 15.9. The molecule has 1 aromatic carbocycles. The van der Waals surface area contributed by atoms with E-state index >= 15 is 0 Å². The second-order valence-corrected chi connectivity index (χ2v) is 8.17. The van der Waals surface area contributed by atoms with Crippen LogP contribution in [0.3, 0.4) is 0 Å². The highest BCUT2D eigenvalue weighted by atomic mass is 35.5. The van der Waals surface area contributed by atoms with E-state index in [1.165, 1.54) is 17.0 Å². The molecule has 0 aliphatic carbocycles. The molecule has 2 aromatic rings. The number of carbonyl (C=O) groups excluding carboxylic acids is 1. The Kier molecular flexibility index (Phi) is 4.11. The summed E-state index contributed by atoms with van der Waals surface area (Å²) in [6, 6.07) is 4.37. The summed E-state index contributed by atoms with van der Waals surface area (Å²) in [5.41, 5.74) is 0.129. The molecule has 1 aromatic heterocycles. The molecular weight excluding hydrogens is 342 g/mol. The molecule has 9 heteroatoms. The zero-order chi connectivity index (χ0) is 16.6. The number of halogens is 1. The van der Waals surface area contributed by atoms with Gasteiger partial charge in [0, 0.05) is 11.1 Å². The Labute approximate surface area is 137 Å². The third-order valence-corrected chi connectivity index (χ3v) is 5.70. The van der Waals surface area contributed by atoms with E-state index in [9.17, 15) is 18.0 Å². The van der Waals surface area contributed by atoms with Gasteiger partial charge in [-0.15, -0.1) is 0 Å². The highest BCUT2D eigenvalue weighted by molar-refractivity contribution is 7.91. The topological polar surface area (TPSA) is 98.1 Å². The maximum atomic E-state index is 12.3. The lowest BCUT2D eigenvalue weighted by Crippen LogP contribution is -2.39. The maximum Gasteiger partial charge on any atom is 0.261 e. The zero-order valence-electron chi connectivity index (χ0n) is 12.0. The molecule has 0 radical (unpaired) electrons. The summed E-state index contributed by atoms with van der Waals surface area (Å²) in [4.78, 5) is 28.5. The Morgan fingerprint density at radius 1 is 1.43 bits per heavy atom. The molecule has 1 saturated heterocycles. The molecule has 23 heavy (non-hydrogen) atoms. The summed E-state index contributed by atoms with van der Waals surface area (Å²) in [7, 11) is -3.07. The van der Waals surface area contributed by atoms with Gasteiger partial charge in [-0.1, -0.05) is 11.6 Å². The van der Waals surface area contributed by atoms with Crippen molar-refractivity contribution in [2.75, 3.05) is 11.5 Å². The molecule has 1 amide bonds. The van der Waals surface area contributed by atoms with Gasteiger partial charge in [0.2, 0.25) is 5.91 Å². The summed E-state index contributed by atoms with van der Waals surface area (Å²) < 4.78 is 23.9. The van der Waals surface area contributed by atoms with Gasteiger partial charge >= 0.3 is 0 Å². The van der Waals surface area contributed by atoms with Crippen molar-refractivity contribution in [3.05, 3.63) is 39.9 Å². The van der Waals surface area contributed by atoms with Gasteiger partial charge in [-0.05, 0) is 24.6 Å². The summed E-state index contributed by atoms with van der Waals surface area (Å²) in [6.07, 6.45) is 1.69. The maximum absolute atomic E-state index is 12.3. The predicted octanol–water partition coefficient (Wildman–Crippen LogP) is 0.353. The monoisotopic (exact) mass is 355 g/mol. The molecule has 1 aliphatic heterocycles. The van der Waals surface area contributed by atoms with Gasteiger partial charge in [-0.3, -0.25) is 14.2 Å². The van der Waals surface area contributed by atoms with Crippen LogP contribution in [0.2, 0.25) is 5.02 Å². The quantitative estimate of drug-likeness (QED) is 0.856. The van der Waals surface area contributed by atoms with Crippen LogP contribution >= 0.6 is 11.6 Å². The molecule has 2 heterocycles. The van der Waals surface area contributed by atoms with Gasteiger partial charge in [-0.25, -0.2) is 13.4 Å². The fourth-order valence-electron chi connectivity index (χ4n) is 2.58. The highest BCUT2D eigenvalue weighted by Gasteiger charge is 2.28. The molecule has 122 valence electrons. The fraction of sp³-hybridized carbons (Fsp3) is 0.357. The predicted molar refractivity (Wildman–Crippen MR) is 86.2 cm³/mol. The molecule has 0 bridgehead atoms. The Balaban J connectivity index is 1.77. The Bertz CT molecular complexity index is 939. The lowest BCUT2D eigenvalue weighted by atomic mass is 10.2. The summed E-state index contributed by atoms with van der Waals surface area (Å²) >= 11 is 5.88. The third-order valence-electron chi connectivity index (χ3n) is 3.70. The van der Waals surface area contributed by atoms with Crippen LogP contribution in [-0.2, 0) is 21.2 Å². The van der Waals surface area contributed by atoms with Crippen LogP contribution in [0.4, 0.5) is 0 Å². The van der Waals surface area contributed by atoms with Gasteiger partial charge in [0.15, 0.2) is 9.84 Å². The zero-order valence-corrected chi connectivity index (χ0v) is 13.6. The Morgan fingerprint density at radius 2 is 2.22 bits per heavy atom. The van der Waals surface area contributed by atoms with Crippen LogP contribution in [0.5, 0.6) is 0 Å². The standard InChI is InChI=1S/C14H14ClN3O4S/c15-9-1-2-12-11(5-9)14(20)18(8-16-12)6-13(19)17-10-3-4-23(21,22)7-10/h1-2,5,8,10H,3-4,6-7H2,(H,17,19). The Morgan fingerprint density at radius 3 is 2.91 bits per heavy atom. The molecule has 1 aliphatic rings. The van der Waals surface area contributed by atoms with Crippen LogP contribution in [0.1, 0.15) is 6.42 Å². The minimum Gasteiger partial charge on any atom is -0.351 e. The molecule has 1 fully saturated rings. The molecule has 0 spiro atoms. The van der Waals surface area contributed by atoms with Crippen LogP contribution in [0.15, 0.2) is 29.3 Å². The van der Waals surface area contributed by atoms with E-state index < -0.39 is 21.8 Å². The van der Waals surface area contributed by atoms with E-state index in [2.05, 4.69) is 10.3 Å². The first-order valence-corrected chi connectivity index (χ1v) is 9.18. The number of sulfone groups is 1. The number of fused-ring (bicyclic) bond motifs is 1. The summed E-state index contributed by atoms with van der Waals surface area (Å²) in [5, 5.41) is 3.38. The van der Waals surface area contributed by atoms with E-state index in [0.717, 1.165) is 0 Å². The lowest BCUT2D eigenvalue weighted by Gasteiger charge is -2.12. The minimum absolute atomic E-state index is 0.0563. The van der Waals surface area contributed by atoms with Crippen LogP contribution in [0.25, 0.3) is 10.9 Å². The van der Waals surface area contributed by atoms with Crippen molar-refractivity contribution in [2.24, 2.45) is 0 Å². The molecule has 1 unspecified atom stereocenters. The van der Waals surface area contributed by atoms with E-state index in [4.69, 9.17) is 11.6 Å². The number of carbonyl (C=O) groups is 1. The number of hydrogen-bond acceptors (Lipinski definition) is 5. The molecule has 0 saturated carbocycles. The van der Waals surface area contributed by atoms with Crippen LogP contribution in [-0.4, -0.2) is 41.4 Å². The first-order valence-electron chi connectivity index (χ1n) is 6.98. The van der Waals surface area contributed by atoms with E-state index in [1.54, 1.807) is 12.1 Å². The van der Waals surface area contributed by atoms with Gasteiger partial charge in [0.1, 0.15) is 6.54 Å². The second-order valence-electron chi connectivity index (χ2n) is 5.51. The number of benzene rings is 1. The highest BCUT2D eigenvalue weighted by Crippen LogP contribution is 2.14. The summed E-state index contributed by atoms with van der Waals surface area (Å²) in [6.45, 7) is -0.217. The average molecular weight is 356 g/mol. The van der Waals surface area contributed by atoms with Crippen molar-refractivity contribution in [3.63, 3.8) is 0 Å². The minimum atomic E-state index is -3.07. The number of nitrogens with one attached hydrogen (secondary N) is 1. The van der Waals surface area contributed by atoms with Crippen LogP contribution < -0.4 is 10.9 Å². The van der Waals surface area contributed by atoms with Crippen molar-refractivity contribution in [1.82, 2.24) is 14.9 Å². The van der Waals surface area contributed by atoms with Gasteiger partial charge in [0.25, 0.3) is 5.56 Å². The molecule has 3 rings (SSSR count). The first-order chi connectivity index (χ1) is 10.8. The number of amides is 1. The molecular formula is C14H14ClN3O4S. The molecule has 7 nitrogen and oxygen atoms in total. The van der Waals surface area contributed by atoms with E-state index in [0.29, 0.717) is 22.3 Å². The van der Waals surface area contributed by atoms with Crippen molar-refractivity contribution >= 4 is 38.2 Å². The largest absolute Gasteiger partial charge is 0.351 e. The third kappa shape index (κ3) is 3.53. The van der Waals surface area contributed by atoms with E-state index in [-0.39, 0.29) is 23.6 Å². The van der Waals surface area contributed by atoms with E-state index in [1.807, 2.05) is 0 Å². The van der Waals surface area contributed by atoms with Gasteiger partial charge in [-0.2, -0.15) is 0 Å². The Hall–Kier alpha value is -1.93. The lowest BCUT2D eigenvalue weighted by molar-refractivity contribution is -0.122. The van der Waals surface area contributed by atoms with Gasteiger partial charge in [0.05, 0.1) is 28.7 Å². The number of hydrogen-bond donors (Lipinski definition) is 1. The smallest absolute Gasteiger partial charge is 0.261 e. The number of nitrogens with zero attached hydrogens (tertiary/aromatic N) is 2. The van der Waals surface area contributed by atoms with Crippen molar-refractivity contribution in [2.45, 2.75) is 19.0 Å². The summed E-state index contributed by atoms with van der Waals surface area (Å²) in [5.74, 6) is -0.398. The number of rotatable bonds is 3. The SMILES string of the molecule is O=C(Cn1cnc2ccc(Cl)cc2c1=O)NC1CCS(=O)(=O)C1. The normalized spacial score (nSPS) is 19.8. The van der Waals surface area contributed by atoms with Crippen molar-refractivity contribution in [1.29, 1.82) is 0 Å². The number of aromatic nitrogens is 2. The van der Waals surface area contributed by atoms with Crippen molar-refractivity contribution < 1.29 is 13.2 Å². The fourth-order valence-corrected chi connectivity index (χ4v) is 4.43. The van der Waals surface area contributed by atoms with Crippen LogP contribution in [0, 0.1) is 0 Å². The average Bonchev–Trinajstić information content (AvgIpc) is 2.81. The van der Waals surface area contributed by atoms with Crippen molar-refractivity contribution in [3.8, 4) is 0 Å². The molecule has 1 N–H and O–H groups in total. The van der Waals surface area contributed by atoms with Gasteiger partial charge < -0.3 is 5.32 Å².